The van der Waals surface area contributed by atoms with Crippen molar-refractivity contribution in [3.8, 4) is 0 Å². The van der Waals surface area contributed by atoms with Gasteiger partial charge in [0, 0.05) is 5.57 Å². The Morgan fingerprint density at radius 2 is 1.96 bits per heavy atom. The minimum atomic E-state index is -4.56. The van der Waals surface area contributed by atoms with Crippen molar-refractivity contribution < 1.29 is 26.7 Å². The van der Waals surface area contributed by atoms with E-state index in [-0.39, 0.29) is 18.4 Å². The van der Waals surface area contributed by atoms with Crippen molar-refractivity contribution in [1.29, 1.82) is 0 Å². The molecule has 0 aliphatic heterocycles. The van der Waals surface area contributed by atoms with Gasteiger partial charge in [-0.15, -0.1) is 0 Å². The molecule has 2 atom stereocenters. The minimum Gasteiger partial charge on any atom is -0.343 e. The number of ketones is 1. The lowest BCUT2D eigenvalue weighted by atomic mass is 9.95. The summed E-state index contributed by atoms with van der Waals surface area (Å²) in [6.07, 6.45) is -6.98. The molecule has 0 radical (unpaired) electrons. The second-order valence-corrected chi connectivity index (χ2v) is 5.16. The zero-order chi connectivity index (χ0) is 17.4. The highest BCUT2D eigenvalue weighted by Crippen LogP contribution is 2.31. The van der Waals surface area contributed by atoms with E-state index in [1.54, 1.807) is 0 Å². The molecule has 23 heavy (non-hydrogen) atoms. The molecule has 0 bridgehead atoms. The Morgan fingerprint density at radius 3 is 2.57 bits per heavy atom. The van der Waals surface area contributed by atoms with Gasteiger partial charge in [-0.25, -0.2) is 8.78 Å². The first-order valence-corrected chi connectivity index (χ1v) is 6.79. The van der Waals surface area contributed by atoms with E-state index in [9.17, 15) is 26.7 Å². The fourth-order valence-corrected chi connectivity index (χ4v) is 1.99. The van der Waals surface area contributed by atoms with E-state index in [0.29, 0.717) is 0 Å². The number of alkyl halides is 4. The van der Waals surface area contributed by atoms with E-state index in [4.69, 9.17) is 11.6 Å². The molecular weight excluding hydrogens is 347 g/mol. The van der Waals surface area contributed by atoms with Crippen LogP contribution >= 0.6 is 11.6 Å². The molecule has 1 aliphatic carbocycles. The molecule has 0 spiro atoms. The molecule has 0 fully saturated rings. The third-order valence-corrected chi connectivity index (χ3v) is 3.30. The predicted octanol–water partition coefficient (Wildman–Crippen LogP) is 3.27. The maximum atomic E-state index is 13.8. The van der Waals surface area contributed by atoms with Gasteiger partial charge >= 0.3 is 6.18 Å². The summed E-state index contributed by atoms with van der Waals surface area (Å²) >= 11 is 5.59. The molecule has 1 unspecified atom stereocenters. The highest BCUT2D eigenvalue weighted by atomic mass is 35.5. The number of nitrogens with zero attached hydrogens (tertiary/aromatic N) is 3. The van der Waals surface area contributed by atoms with Gasteiger partial charge in [-0.05, 0) is 31.4 Å². The third-order valence-electron chi connectivity index (χ3n) is 3.13. The van der Waals surface area contributed by atoms with Gasteiger partial charge in [0.05, 0.1) is 0 Å². The summed E-state index contributed by atoms with van der Waals surface area (Å²) in [5.41, 5.74) is -0.309. The standard InChI is InChI=1S/C12H10ClF5N4O/c1-4(12(16,17)18)19-11-21-9(20-10(13)22-11)5-2-3-6(14)8(23)7(5)15/h4,6H,2-3H2,1H3,(H,19,20,21,22)/t4-,6?/m1/s1. The van der Waals surface area contributed by atoms with E-state index in [2.05, 4.69) is 15.0 Å². The highest BCUT2D eigenvalue weighted by molar-refractivity contribution is 6.28. The smallest absolute Gasteiger partial charge is 0.343 e. The van der Waals surface area contributed by atoms with Gasteiger partial charge in [0.15, 0.2) is 17.8 Å². The zero-order valence-electron chi connectivity index (χ0n) is 11.6. The van der Waals surface area contributed by atoms with Crippen LogP contribution in [0.5, 0.6) is 0 Å². The van der Waals surface area contributed by atoms with E-state index < -0.39 is 47.1 Å². The van der Waals surface area contributed by atoms with Gasteiger partial charge in [0.2, 0.25) is 17.0 Å². The first kappa shape index (κ1) is 17.5. The van der Waals surface area contributed by atoms with Crippen molar-refractivity contribution in [3.63, 3.8) is 0 Å². The van der Waals surface area contributed by atoms with Crippen molar-refractivity contribution in [1.82, 2.24) is 15.0 Å². The average molecular weight is 357 g/mol. The number of hydrogen-bond donors (Lipinski definition) is 1. The number of carbonyl (C=O) groups excluding carboxylic acids is 1. The Kier molecular flexibility index (Phi) is 4.83. The van der Waals surface area contributed by atoms with Crippen molar-refractivity contribution >= 4 is 28.9 Å². The van der Waals surface area contributed by atoms with Crippen LogP contribution in [0, 0.1) is 0 Å². The lowest BCUT2D eigenvalue weighted by Gasteiger charge is -2.19. The third kappa shape index (κ3) is 3.92. The first-order chi connectivity index (χ1) is 10.6. The molecule has 126 valence electrons. The Balaban J connectivity index is 2.36. The number of rotatable bonds is 3. The molecule has 0 amide bonds. The van der Waals surface area contributed by atoms with Crippen LogP contribution < -0.4 is 5.32 Å². The summed E-state index contributed by atoms with van der Waals surface area (Å²) in [5, 5.41) is 1.48. The van der Waals surface area contributed by atoms with Gasteiger partial charge in [0.25, 0.3) is 0 Å². The Morgan fingerprint density at radius 1 is 1.30 bits per heavy atom. The lowest BCUT2D eigenvalue weighted by Crippen LogP contribution is -2.34. The van der Waals surface area contributed by atoms with Crippen molar-refractivity contribution in [2.75, 3.05) is 5.32 Å². The van der Waals surface area contributed by atoms with Crippen LogP contribution in [0.4, 0.5) is 27.9 Å². The van der Waals surface area contributed by atoms with Crippen molar-refractivity contribution in [2.45, 2.75) is 38.2 Å². The van der Waals surface area contributed by atoms with Crippen LogP contribution in [0.3, 0.4) is 0 Å². The van der Waals surface area contributed by atoms with Crippen LogP contribution in [0.15, 0.2) is 5.83 Å². The topological polar surface area (TPSA) is 67.8 Å². The molecule has 0 saturated carbocycles. The van der Waals surface area contributed by atoms with Crippen LogP contribution in [0.1, 0.15) is 25.6 Å². The summed E-state index contributed by atoms with van der Waals surface area (Å²) in [5.74, 6) is -3.64. The second kappa shape index (κ2) is 6.34. The first-order valence-electron chi connectivity index (χ1n) is 6.41. The average Bonchev–Trinajstić information content (AvgIpc) is 2.43. The normalized spacial score (nSPS) is 20.7. The summed E-state index contributed by atoms with van der Waals surface area (Å²) in [4.78, 5) is 22.0. The quantitative estimate of drug-likeness (QED) is 0.842. The Hall–Kier alpha value is -1.84. The fourth-order valence-electron chi connectivity index (χ4n) is 1.83. The number of nitrogens with one attached hydrogen (secondary N) is 1. The van der Waals surface area contributed by atoms with Crippen molar-refractivity contribution in [3.05, 3.63) is 16.9 Å². The van der Waals surface area contributed by atoms with Gasteiger partial charge in [-0.2, -0.15) is 28.1 Å². The number of allylic oxidation sites excluding steroid dienone is 2. The summed E-state index contributed by atoms with van der Waals surface area (Å²) < 4.78 is 64.6. The summed E-state index contributed by atoms with van der Waals surface area (Å²) in [6, 6.07) is -1.99. The molecule has 5 nitrogen and oxygen atoms in total. The molecular formula is C12H10ClF5N4O. The fraction of sp³-hybridized carbons (Fsp3) is 0.500. The second-order valence-electron chi connectivity index (χ2n) is 4.82. The molecule has 1 N–H and O–H groups in total. The molecule has 1 aromatic heterocycles. The van der Waals surface area contributed by atoms with Gasteiger partial charge in [-0.1, -0.05) is 0 Å². The highest BCUT2D eigenvalue weighted by Gasteiger charge is 2.37. The Bertz CT molecular complexity index is 663. The number of anilines is 1. The molecule has 11 heteroatoms. The molecule has 2 rings (SSSR count). The number of halogens is 6. The van der Waals surface area contributed by atoms with E-state index in [1.165, 1.54) is 0 Å². The predicted molar refractivity (Wildman–Crippen MR) is 71.1 cm³/mol. The lowest BCUT2D eigenvalue weighted by molar-refractivity contribution is -0.138. The largest absolute Gasteiger partial charge is 0.408 e. The van der Waals surface area contributed by atoms with Crippen LogP contribution in [-0.2, 0) is 4.79 Å². The van der Waals surface area contributed by atoms with Crippen LogP contribution in [0.25, 0.3) is 5.57 Å². The number of hydrogen-bond acceptors (Lipinski definition) is 5. The number of carbonyl (C=O) groups is 1. The molecule has 1 aliphatic rings. The van der Waals surface area contributed by atoms with Gasteiger partial charge in [-0.3, -0.25) is 4.79 Å². The Labute approximate surface area is 132 Å². The van der Waals surface area contributed by atoms with E-state index >= 15 is 0 Å². The van der Waals surface area contributed by atoms with Crippen LogP contribution in [0.2, 0.25) is 5.28 Å². The SMILES string of the molecule is C[C@@H](Nc1nc(Cl)nc(C2=C(F)C(=O)C(F)CC2)n1)C(F)(F)F. The van der Waals surface area contributed by atoms with E-state index in [1.807, 2.05) is 5.32 Å². The molecule has 1 aromatic rings. The van der Waals surface area contributed by atoms with Gasteiger partial charge < -0.3 is 5.32 Å². The monoisotopic (exact) mass is 356 g/mol. The van der Waals surface area contributed by atoms with Gasteiger partial charge in [0.1, 0.15) is 6.04 Å². The number of Topliss-reactive ketones (excluding diaryl/α,β-unsaturated/α-hetero) is 1. The number of aromatic nitrogens is 3. The molecule has 0 aromatic carbocycles. The zero-order valence-corrected chi connectivity index (χ0v) is 12.3. The maximum Gasteiger partial charge on any atom is 0.408 e. The minimum absolute atomic E-state index is 0.187. The van der Waals surface area contributed by atoms with E-state index in [0.717, 1.165) is 6.92 Å². The maximum absolute atomic E-state index is 13.8. The van der Waals surface area contributed by atoms with Crippen molar-refractivity contribution in [2.24, 2.45) is 0 Å². The summed E-state index contributed by atoms with van der Waals surface area (Å²) in [7, 11) is 0. The van der Waals surface area contributed by atoms with Crippen LogP contribution in [-0.4, -0.2) is 39.1 Å². The molecule has 0 saturated heterocycles. The summed E-state index contributed by atoms with van der Waals surface area (Å²) in [6.45, 7) is 0.828. The molecule has 1 heterocycles.